The number of nitrogens with one attached hydrogen (secondary N) is 1. The minimum Gasteiger partial charge on any atom is -0.464 e. The highest BCUT2D eigenvalue weighted by Gasteiger charge is 2.14. The zero-order valence-corrected chi connectivity index (χ0v) is 9.44. The van der Waals surface area contributed by atoms with Crippen molar-refractivity contribution in [3.8, 4) is 12.3 Å². The fourth-order valence-corrected chi connectivity index (χ4v) is 0.959. The number of rotatable bonds is 3. The Labute approximate surface area is 94.2 Å². The molecule has 0 aliphatic rings. The number of hydrogen-bond donors (Lipinski definition) is 1. The molecule has 0 radical (unpaired) electrons. The number of hydrogen-bond acceptors (Lipinski definition) is 5. The molecule has 1 aromatic heterocycles. The van der Waals surface area contributed by atoms with E-state index in [-0.39, 0.29) is 5.69 Å². The topological polar surface area (TPSA) is 64.1 Å². The van der Waals surface area contributed by atoms with Crippen molar-refractivity contribution < 1.29 is 9.53 Å². The van der Waals surface area contributed by atoms with Crippen LogP contribution in [0.25, 0.3) is 0 Å². The average Bonchev–Trinajstić information content (AvgIpc) is 2.28. The van der Waals surface area contributed by atoms with Gasteiger partial charge in [-0.05, 0) is 13.8 Å². The first kappa shape index (κ1) is 12.0. The zero-order valence-electron chi connectivity index (χ0n) is 9.44. The van der Waals surface area contributed by atoms with Gasteiger partial charge < -0.3 is 10.1 Å². The van der Waals surface area contributed by atoms with Gasteiger partial charge in [-0.3, -0.25) is 0 Å². The van der Waals surface area contributed by atoms with Crippen LogP contribution in [0.15, 0.2) is 12.4 Å². The van der Waals surface area contributed by atoms with E-state index in [1.165, 1.54) is 19.5 Å². The molecule has 0 aromatic carbocycles. The number of esters is 1. The van der Waals surface area contributed by atoms with Crippen LogP contribution in [0, 0.1) is 12.3 Å². The smallest absolute Gasteiger partial charge is 0.358 e. The van der Waals surface area contributed by atoms with Gasteiger partial charge in [-0.25, -0.2) is 14.8 Å². The van der Waals surface area contributed by atoms with Crippen LogP contribution in [0.5, 0.6) is 0 Å². The lowest BCUT2D eigenvalue weighted by Gasteiger charge is -2.19. The number of nitrogens with zero attached hydrogens (tertiary/aromatic N) is 2. The highest BCUT2D eigenvalue weighted by atomic mass is 16.5. The summed E-state index contributed by atoms with van der Waals surface area (Å²) in [6.45, 7) is 3.67. The number of methoxy groups -OCH3 is 1. The first-order valence-corrected chi connectivity index (χ1v) is 4.65. The minimum absolute atomic E-state index is 0.159. The summed E-state index contributed by atoms with van der Waals surface area (Å²) in [5.41, 5.74) is -0.354. The Hall–Kier alpha value is -2.09. The highest BCUT2D eigenvalue weighted by Crippen LogP contribution is 2.10. The quantitative estimate of drug-likeness (QED) is 0.609. The number of ether oxygens (including phenoxy) is 1. The van der Waals surface area contributed by atoms with Crippen LogP contribution in [0.1, 0.15) is 24.3 Å². The minimum atomic E-state index is -0.518. The third kappa shape index (κ3) is 2.95. The van der Waals surface area contributed by atoms with Gasteiger partial charge in [0.2, 0.25) is 0 Å². The molecule has 1 rings (SSSR count). The van der Waals surface area contributed by atoms with Crippen LogP contribution < -0.4 is 5.32 Å². The largest absolute Gasteiger partial charge is 0.464 e. The average molecular weight is 219 g/mol. The normalized spacial score (nSPS) is 10.4. The second kappa shape index (κ2) is 4.62. The van der Waals surface area contributed by atoms with Crippen LogP contribution in [-0.2, 0) is 4.74 Å². The van der Waals surface area contributed by atoms with Gasteiger partial charge in [-0.1, -0.05) is 5.92 Å². The van der Waals surface area contributed by atoms with E-state index < -0.39 is 11.5 Å². The molecule has 0 amide bonds. The number of carbonyl (C=O) groups excluding carboxylic acids is 1. The van der Waals surface area contributed by atoms with E-state index in [1.54, 1.807) is 0 Å². The van der Waals surface area contributed by atoms with Crippen LogP contribution in [0.3, 0.4) is 0 Å². The number of anilines is 1. The molecule has 16 heavy (non-hydrogen) atoms. The van der Waals surface area contributed by atoms with Gasteiger partial charge in [-0.15, -0.1) is 6.42 Å². The fraction of sp³-hybridized carbons (Fsp3) is 0.364. The second-order valence-electron chi connectivity index (χ2n) is 3.67. The van der Waals surface area contributed by atoms with Crippen LogP contribution >= 0.6 is 0 Å². The molecule has 0 aliphatic heterocycles. The molecule has 0 atom stereocenters. The summed E-state index contributed by atoms with van der Waals surface area (Å²) in [4.78, 5) is 19.0. The lowest BCUT2D eigenvalue weighted by molar-refractivity contribution is 0.0593. The molecule has 84 valence electrons. The maximum absolute atomic E-state index is 11.1. The molecule has 0 unspecified atom stereocenters. The van der Waals surface area contributed by atoms with Crippen molar-refractivity contribution in [2.45, 2.75) is 19.4 Å². The molecule has 1 N–H and O–H groups in total. The Morgan fingerprint density at radius 1 is 1.50 bits per heavy atom. The first-order chi connectivity index (χ1) is 7.48. The van der Waals surface area contributed by atoms with Gasteiger partial charge in [0.05, 0.1) is 25.0 Å². The SMILES string of the molecule is C#CC(C)(C)Nc1cnc(C(=O)OC)cn1. The van der Waals surface area contributed by atoms with E-state index in [0.717, 1.165) is 0 Å². The van der Waals surface area contributed by atoms with E-state index in [1.807, 2.05) is 13.8 Å². The van der Waals surface area contributed by atoms with Gasteiger partial charge in [0, 0.05) is 0 Å². The van der Waals surface area contributed by atoms with Crippen molar-refractivity contribution in [3.63, 3.8) is 0 Å². The molecule has 0 bridgehead atoms. The Balaban J connectivity index is 2.81. The van der Waals surface area contributed by atoms with Gasteiger partial charge >= 0.3 is 5.97 Å². The van der Waals surface area contributed by atoms with Crippen molar-refractivity contribution in [2.24, 2.45) is 0 Å². The third-order valence-electron chi connectivity index (χ3n) is 1.85. The predicted molar refractivity (Wildman–Crippen MR) is 59.9 cm³/mol. The maximum Gasteiger partial charge on any atom is 0.358 e. The van der Waals surface area contributed by atoms with E-state index in [0.29, 0.717) is 5.82 Å². The molecule has 5 nitrogen and oxygen atoms in total. The van der Waals surface area contributed by atoms with E-state index >= 15 is 0 Å². The van der Waals surface area contributed by atoms with E-state index in [9.17, 15) is 4.79 Å². The molecule has 0 spiro atoms. The Morgan fingerprint density at radius 3 is 2.62 bits per heavy atom. The summed E-state index contributed by atoms with van der Waals surface area (Å²) < 4.78 is 4.50. The Kier molecular flexibility index (Phi) is 3.46. The molecule has 1 aromatic rings. The van der Waals surface area contributed by atoms with Gasteiger partial charge in [-0.2, -0.15) is 0 Å². The molecule has 0 aliphatic carbocycles. The van der Waals surface area contributed by atoms with E-state index in [2.05, 4.69) is 25.9 Å². The van der Waals surface area contributed by atoms with Crippen molar-refractivity contribution in [1.29, 1.82) is 0 Å². The second-order valence-corrected chi connectivity index (χ2v) is 3.67. The highest BCUT2D eigenvalue weighted by molar-refractivity contribution is 5.86. The maximum atomic E-state index is 11.1. The molecule has 5 heteroatoms. The van der Waals surface area contributed by atoms with Gasteiger partial charge in [0.25, 0.3) is 0 Å². The van der Waals surface area contributed by atoms with Gasteiger partial charge in [0.15, 0.2) is 5.69 Å². The zero-order chi connectivity index (χ0) is 12.2. The standard InChI is InChI=1S/C11H13N3O2/c1-5-11(2,3)14-9-7-12-8(6-13-9)10(15)16-4/h1,6-7H,2-4H3,(H,13,14). The first-order valence-electron chi connectivity index (χ1n) is 4.65. The molecule has 1 heterocycles. The summed E-state index contributed by atoms with van der Waals surface area (Å²) in [5, 5.41) is 2.99. The summed E-state index contributed by atoms with van der Waals surface area (Å²) in [7, 11) is 1.29. The molecule has 0 fully saturated rings. The Bertz CT molecular complexity index is 418. The lowest BCUT2D eigenvalue weighted by Crippen LogP contribution is -2.29. The lowest BCUT2D eigenvalue weighted by atomic mass is 10.1. The van der Waals surface area contributed by atoms with Gasteiger partial charge in [0.1, 0.15) is 5.82 Å². The predicted octanol–water partition coefficient (Wildman–Crippen LogP) is 1.09. The summed E-state index contributed by atoms with van der Waals surface area (Å²) >= 11 is 0. The van der Waals surface area contributed by atoms with Crippen molar-refractivity contribution in [2.75, 3.05) is 12.4 Å². The summed E-state index contributed by atoms with van der Waals surface area (Å²) in [6, 6.07) is 0. The number of carbonyl (C=O) groups is 1. The molecule has 0 saturated heterocycles. The molecule has 0 saturated carbocycles. The van der Waals surface area contributed by atoms with E-state index in [4.69, 9.17) is 6.42 Å². The monoisotopic (exact) mass is 219 g/mol. The van der Waals surface area contributed by atoms with Crippen LogP contribution in [0.2, 0.25) is 0 Å². The molecular formula is C11H13N3O2. The summed E-state index contributed by atoms with van der Waals surface area (Å²) in [6.07, 6.45) is 8.09. The van der Waals surface area contributed by atoms with Crippen molar-refractivity contribution in [1.82, 2.24) is 9.97 Å². The van der Waals surface area contributed by atoms with Crippen LogP contribution in [0.4, 0.5) is 5.82 Å². The Morgan fingerprint density at radius 2 is 2.19 bits per heavy atom. The van der Waals surface area contributed by atoms with Crippen molar-refractivity contribution >= 4 is 11.8 Å². The summed E-state index contributed by atoms with van der Waals surface area (Å²) in [5.74, 6) is 2.56. The fourth-order valence-electron chi connectivity index (χ4n) is 0.959. The third-order valence-corrected chi connectivity index (χ3v) is 1.85. The van der Waals surface area contributed by atoms with Crippen LogP contribution in [-0.4, -0.2) is 28.6 Å². The number of terminal acetylenes is 1. The van der Waals surface area contributed by atoms with Crippen molar-refractivity contribution in [3.05, 3.63) is 18.1 Å². The number of aromatic nitrogens is 2. The molecular weight excluding hydrogens is 206 g/mol.